The monoisotopic (exact) mass is 845 g/mol. The molecule has 2 aromatic rings. The zero-order chi connectivity index (χ0) is 42.0. The normalized spacial score (nSPS) is 29.6. The molecule has 320 valence electrons. The van der Waals surface area contributed by atoms with Crippen molar-refractivity contribution < 1.29 is 55.0 Å². The van der Waals surface area contributed by atoms with E-state index in [1.165, 1.54) is 31.1 Å². The number of hydrogen-bond donors (Lipinski definition) is 3. The first-order chi connectivity index (χ1) is 28.0. The van der Waals surface area contributed by atoms with Crippen molar-refractivity contribution in [3.63, 3.8) is 0 Å². The molecular formula is C41H50F3N5O9S. The number of hydrogen-bond acceptors (Lipinski definition) is 10. The van der Waals surface area contributed by atoms with E-state index >= 15 is 0 Å². The Morgan fingerprint density at radius 2 is 1.78 bits per heavy atom. The van der Waals surface area contributed by atoms with Crippen LogP contribution < -0.4 is 24.8 Å². The fraction of sp³-hybridized carbons (Fsp3) is 0.634. The summed E-state index contributed by atoms with van der Waals surface area (Å²) >= 11 is 0. The number of carbonyl (C=O) groups is 4. The molecule has 6 aliphatic rings. The van der Waals surface area contributed by atoms with Crippen LogP contribution in [0.1, 0.15) is 108 Å². The van der Waals surface area contributed by atoms with Crippen LogP contribution in [-0.2, 0) is 41.7 Å². The second kappa shape index (κ2) is 15.1. The number of fused-ring (bicyclic) bond motifs is 5. The Kier molecular flexibility index (Phi) is 10.6. The van der Waals surface area contributed by atoms with Crippen molar-refractivity contribution >= 4 is 44.7 Å². The smallest absolute Gasteiger partial charge is 0.437 e. The van der Waals surface area contributed by atoms with Crippen molar-refractivity contribution in [3.8, 4) is 11.5 Å². The van der Waals surface area contributed by atoms with E-state index < -0.39 is 85.3 Å². The maximum absolute atomic E-state index is 14.8. The molecule has 59 heavy (non-hydrogen) atoms. The van der Waals surface area contributed by atoms with Crippen molar-refractivity contribution in [3.05, 3.63) is 41.6 Å². The number of halogens is 3. The molecule has 4 fully saturated rings. The number of pyridine rings is 1. The number of alkyl halides is 3. The SMILES string of the molecule is COc1ccc2nc(C(F)(F)F)c3c(c2c1)CCC1(CC2C(=O)NC4(C(=O)NS(=O)(=O)C5(C)CC5)CC4C=CCCCCCC(NC(=O)OC4CCCC4)C(=O)N2C1)O3. The zero-order valence-corrected chi connectivity index (χ0v) is 33.9. The number of aromatic nitrogens is 1. The molecule has 1 spiro atoms. The van der Waals surface area contributed by atoms with Crippen molar-refractivity contribution in [1.29, 1.82) is 0 Å². The molecule has 3 saturated carbocycles. The van der Waals surface area contributed by atoms with E-state index in [2.05, 4.69) is 20.3 Å². The van der Waals surface area contributed by atoms with Crippen molar-refractivity contribution in [2.45, 2.75) is 143 Å². The molecular weight excluding hydrogens is 796 g/mol. The fourth-order valence-electron chi connectivity index (χ4n) is 9.16. The molecule has 5 unspecified atom stereocenters. The Bertz CT molecular complexity index is 2190. The minimum absolute atomic E-state index is 0.0756. The molecule has 3 N–H and O–H groups in total. The Balaban J connectivity index is 1.15. The van der Waals surface area contributed by atoms with E-state index in [0.29, 0.717) is 62.5 Å². The lowest BCUT2D eigenvalue weighted by Gasteiger charge is -2.37. The van der Waals surface area contributed by atoms with Crippen LogP contribution in [0.2, 0.25) is 0 Å². The van der Waals surface area contributed by atoms with Crippen LogP contribution in [0, 0.1) is 5.92 Å². The van der Waals surface area contributed by atoms with Crippen molar-refractivity contribution in [1.82, 2.24) is 25.2 Å². The molecule has 0 bridgehead atoms. The zero-order valence-electron chi connectivity index (χ0n) is 33.1. The summed E-state index contributed by atoms with van der Waals surface area (Å²) in [5, 5.41) is 5.94. The lowest BCUT2D eigenvalue weighted by molar-refractivity contribution is -0.144. The molecule has 1 saturated heterocycles. The molecule has 4 amide bonds. The van der Waals surface area contributed by atoms with E-state index in [9.17, 15) is 40.8 Å². The van der Waals surface area contributed by atoms with Crippen LogP contribution in [0.15, 0.2) is 30.4 Å². The van der Waals surface area contributed by atoms with Gasteiger partial charge in [0.25, 0.3) is 5.91 Å². The minimum atomic E-state index is -4.92. The third kappa shape index (κ3) is 7.92. The third-order valence-electron chi connectivity index (χ3n) is 13.1. The van der Waals surface area contributed by atoms with E-state index in [1.54, 1.807) is 12.1 Å². The van der Waals surface area contributed by atoms with E-state index in [0.717, 1.165) is 12.8 Å². The number of rotatable bonds is 6. The van der Waals surface area contributed by atoms with Crippen LogP contribution in [0.3, 0.4) is 0 Å². The van der Waals surface area contributed by atoms with E-state index in [4.69, 9.17) is 14.2 Å². The summed E-state index contributed by atoms with van der Waals surface area (Å²) in [7, 11) is -2.65. The molecule has 0 radical (unpaired) electrons. The van der Waals surface area contributed by atoms with Gasteiger partial charge in [-0.2, -0.15) is 13.2 Å². The topological polar surface area (TPSA) is 182 Å². The maximum atomic E-state index is 14.8. The van der Waals surface area contributed by atoms with Gasteiger partial charge in [-0.1, -0.05) is 25.0 Å². The quantitative estimate of drug-likeness (QED) is 0.321. The maximum Gasteiger partial charge on any atom is 0.437 e. The highest BCUT2D eigenvalue weighted by atomic mass is 32.2. The van der Waals surface area contributed by atoms with Gasteiger partial charge in [0.15, 0.2) is 11.4 Å². The van der Waals surface area contributed by atoms with Gasteiger partial charge in [-0.3, -0.25) is 19.1 Å². The highest BCUT2D eigenvalue weighted by molar-refractivity contribution is 7.91. The summed E-state index contributed by atoms with van der Waals surface area (Å²) in [4.78, 5) is 61.8. The highest BCUT2D eigenvalue weighted by Crippen LogP contribution is 2.50. The average Bonchev–Trinajstić information content (AvgIpc) is 3.98. The number of nitrogens with zero attached hydrogens (tertiary/aromatic N) is 2. The van der Waals surface area contributed by atoms with E-state index in [-0.39, 0.29) is 55.8 Å². The predicted octanol–water partition coefficient (Wildman–Crippen LogP) is 5.36. The molecule has 1 aromatic heterocycles. The summed E-state index contributed by atoms with van der Waals surface area (Å²) in [6, 6.07) is 2.03. The number of methoxy groups -OCH3 is 1. The minimum Gasteiger partial charge on any atom is -0.497 e. The van der Waals surface area contributed by atoms with Gasteiger partial charge in [-0.25, -0.2) is 18.2 Å². The number of nitrogens with one attached hydrogen (secondary N) is 3. The molecule has 14 nitrogen and oxygen atoms in total. The Labute approximate surface area is 340 Å². The first kappa shape index (κ1) is 41.1. The lowest BCUT2D eigenvalue weighted by atomic mass is 9.87. The van der Waals surface area contributed by atoms with Crippen molar-refractivity contribution in [2.75, 3.05) is 13.7 Å². The van der Waals surface area contributed by atoms with Gasteiger partial charge in [0.2, 0.25) is 21.8 Å². The van der Waals surface area contributed by atoms with Crippen LogP contribution in [0.25, 0.3) is 10.9 Å². The van der Waals surface area contributed by atoms with Crippen LogP contribution in [0.4, 0.5) is 18.0 Å². The second-order valence-electron chi connectivity index (χ2n) is 17.4. The summed E-state index contributed by atoms with van der Waals surface area (Å²) in [5.74, 6) is -3.00. The molecule has 3 aliphatic carbocycles. The highest BCUT2D eigenvalue weighted by Gasteiger charge is 2.64. The summed E-state index contributed by atoms with van der Waals surface area (Å²) in [6.07, 6.45) is 4.41. The first-order valence-corrected chi connectivity index (χ1v) is 22.0. The molecule has 18 heteroatoms. The summed E-state index contributed by atoms with van der Waals surface area (Å²) < 4.78 is 89.2. The molecule has 5 atom stereocenters. The number of sulfonamides is 1. The summed E-state index contributed by atoms with van der Waals surface area (Å²) in [6.45, 7) is 1.22. The van der Waals surface area contributed by atoms with Crippen LogP contribution >= 0.6 is 0 Å². The largest absolute Gasteiger partial charge is 0.497 e. The lowest BCUT2D eigenvalue weighted by Crippen LogP contribution is -2.58. The molecule has 1 aromatic carbocycles. The number of amides is 4. The standard InChI is InChI=1S/C41H50F3N5O9S/c1-38(18-19-38)59(54,55)48-36(52)40-21-24(40)10-6-4-3-5-7-13-30(46-37(53)57-25-11-8-9-12-25)35(51)49-23-39(22-31(49)34(50)47-40)17-16-27-28-20-26(56-2)14-15-29(28)45-33(32(27)58-39)41(42,43)44/h6,10,14-15,20,24-25,30-31H,3-5,7-9,11-13,16-19,21-23H2,1-2H3,(H,46,53)(H,47,50)(H,48,52). The molecule has 3 aliphatic heterocycles. The third-order valence-corrected chi connectivity index (χ3v) is 15.3. The van der Waals surface area contributed by atoms with Gasteiger partial charge < -0.3 is 29.7 Å². The summed E-state index contributed by atoms with van der Waals surface area (Å²) in [5.41, 5.74) is -4.06. The predicted molar refractivity (Wildman–Crippen MR) is 207 cm³/mol. The second-order valence-corrected chi connectivity index (χ2v) is 19.5. The number of benzene rings is 1. The van der Waals surface area contributed by atoms with Gasteiger partial charge in [0.1, 0.15) is 35.1 Å². The number of ether oxygens (including phenoxy) is 3. The average molecular weight is 846 g/mol. The number of alkyl carbamates (subject to hydrolysis) is 1. The van der Waals surface area contributed by atoms with Gasteiger partial charge >= 0.3 is 12.3 Å². The van der Waals surface area contributed by atoms with Crippen LogP contribution in [-0.4, -0.2) is 89.8 Å². The molecule has 4 heterocycles. The fourth-order valence-corrected chi connectivity index (χ4v) is 10.5. The first-order valence-electron chi connectivity index (χ1n) is 20.6. The van der Waals surface area contributed by atoms with Crippen molar-refractivity contribution in [2.24, 2.45) is 5.92 Å². The Hall–Kier alpha value is -4.61. The number of allylic oxidation sites excluding steroid dienone is 1. The number of aryl methyl sites for hydroxylation is 1. The number of carbonyl (C=O) groups excluding carboxylic acids is 4. The van der Waals surface area contributed by atoms with Gasteiger partial charge in [-0.05, 0) is 102 Å². The van der Waals surface area contributed by atoms with Gasteiger partial charge in [-0.15, -0.1) is 0 Å². The van der Waals surface area contributed by atoms with Crippen LogP contribution in [0.5, 0.6) is 11.5 Å². The molecule has 8 rings (SSSR count). The Morgan fingerprint density at radius 1 is 1.03 bits per heavy atom. The Morgan fingerprint density at radius 3 is 2.49 bits per heavy atom. The van der Waals surface area contributed by atoms with Gasteiger partial charge in [0.05, 0.1) is 23.9 Å². The van der Waals surface area contributed by atoms with E-state index in [1.807, 2.05) is 6.08 Å². The van der Waals surface area contributed by atoms with Gasteiger partial charge in [0, 0.05) is 23.3 Å².